The largest absolute Gasteiger partial charge is 0.340 e. The number of carbonyl (C=O) groups is 2. The van der Waals surface area contributed by atoms with Crippen molar-refractivity contribution in [1.82, 2.24) is 14.7 Å². The molecule has 2 aromatic rings. The van der Waals surface area contributed by atoms with Crippen LogP contribution >= 0.6 is 11.6 Å². The van der Waals surface area contributed by atoms with Crippen LogP contribution in [-0.4, -0.2) is 65.8 Å². The van der Waals surface area contributed by atoms with E-state index in [1.54, 1.807) is 41.3 Å². The number of halogens is 2. The SMILES string of the molecule is CC(C)(C)C(=O)N1CCN(CCN(Cc2ccc(F)cc2)C(=O)c2cccc(Cl)c2)CC1. The van der Waals surface area contributed by atoms with E-state index in [4.69, 9.17) is 11.6 Å². The monoisotopic (exact) mass is 459 g/mol. The van der Waals surface area contributed by atoms with Crippen molar-refractivity contribution in [3.63, 3.8) is 0 Å². The number of rotatable bonds is 6. The summed E-state index contributed by atoms with van der Waals surface area (Å²) in [6, 6.07) is 13.1. The highest BCUT2D eigenvalue weighted by molar-refractivity contribution is 6.30. The van der Waals surface area contributed by atoms with Crippen LogP contribution in [0.25, 0.3) is 0 Å². The van der Waals surface area contributed by atoms with Crippen LogP contribution in [-0.2, 0) is 11.3 Å². The second-order valence-corrected chi connectivity index (χ2v) is 9.68. The predicted molar refractivity (Wildman–Crippen MR) is 125 cm³/mol. The number of hydrogen-bond acceptors (Lipinski definition) is 3. The summed E-state index contributed by atoms with van der Waals surface area (Å²) in [5.41, 5.74) is 1.01. The Morgan fingerprint density at radius 3 is 2.28 bits per heavy atom. The average Bonchev–Trinajstić information content (AvgIpc) is 2.76. The summed E-state index contributed by atoms with van der Waals surface area (Å²) >= 11 is 6.09. The Kier molecular flexibility index (Phi) is 7.91. The third-order valence-electron chi connectivity index (χ3n) is 5.63. The Labute approximate surface area is 194 Å². The maximum atomic E-state index is 13.3. The second-order valence-electron chi connectivity index (χ2n) is 9.25. The van der Waals surface area contributed by atoms with Crippen molar-refractivity contribution in [2.24, 2.45) is 5.41 Å². The van der Waals surface area contributed by atoms with Crippen molar-refractivity contribution in [3.05, 3.63) is 70.5 Å². The van der Waals surface area contributed by atoms with E-state index in [9.17, 15) is 14.0 Å². The Morgan fingerprint density at radius 2 is 1.69 bits per heavy atom. The van der Waals surface area contributed by atoms with Crippen molar-refractivity contribution >= 4 is 23.4 Å². The molecule has 2 aromatic carbocycles. The summed E-state index contributed by atoms with van der Waals surface area (Å²) in [7, 11) is 0. The third-order valence-corrected chi connectivity index (χ3v) is 5.87. The van der Waals surface area contributed by atoms with Crippen LogP contribution in [0.2, 0.25) is 5.02 Å². The molecule has 2 amide bonds. The molecular formula is C25H31ClFN3O2. The molecule has 0 aromatic heterocycles. The minimum absolute atomic E-state index is 0.113. The second kappa shape index (κ2) is 10.5. The first-order valence-electron chi connectivity index (χ1n) is 10.9. The molecule has 0 radical (unpaired) electrons. The van der Waals surface area contributed by atoms with Gasteiger partial charge in [-0.2, -0.15) is 0 Å². The summed E-state index contributed by atoms with van der Waals surface area (Å²) in [5, 5.41) is 0.511. The van der Waals surface area contributed by atoms with Gasteiger partial charge in [-0.3, -0.25) is 14.5 Å². The van der Waals surface area contributed by atoms with Gasteiger partial charge in [0, 0.05) is 61.8 Å². The number of nitrogens with zero attached hydrogens (tertiary/aromatic N) is 3. The fourth-order valence-corrected chi connectivity index (χ4v) is 3.97. The molecule has 0 unspecified atom stereocenters. The lowest BCUT2D eigenvalue weighted by molar-refractivity contribution is -0.141. The smallest absolute Gasteiger partial charge is 0.254 e. The van der Waals surface area contributed by atoms with Gasteiger partial charge in [0.15, 0.2) is 0 Å². The molecule has 3 rings (SSSR count). The van der Waals surface area contributed by atoms with Gasteiger partial charge in [-0.05, 0) is 35.9 Å². The highest BCUT2D eigenvalue weighted by atomic mass is 35.5. The first-order valence-corrected chi connectivity index (χ1v) is 11.3. The van der Waals surface area contributed by atoms with Crippen LogP contribution in [0.15, 0.2) is 48.5 Å². The molecule has 1 saturated heterocycles. The quantitative estimate of drug-likeness (QED) is 0.646. The number of piperazine rings is 1. The van der Waals surface area contributed by atoms with Crippen molar-refractivity contribution in [2.75, 3.05) is 39.3 Å². The zero-order valence-electron chi connectivity index (χ0n) is 19.0. The highest BCUT2D eigenvalue weighted by Crippen LogP contribution is 2.19. The van der Waals surface area contributed by atoms with Gasteiger partial charge in [0.25, 0.3) is 5.91 Å². The lowest BCUT2D eigenvalue weighted by Crippen LogP contribution is -2.52. The first kappa shape index (κ1) is 24.2. The lowest BCUT2D eigenvalue weighted by Gasteiger charge is -2.38. The maximum absolute atomic E-state index is 13.3. The van der Waals surface area contributed by atoms with Crippen LogP contribution in [0.5, 0.6) is 0 Å². The van der Waals surface area contributed by atoms with Crippen LogP contribution in [0.3, 0.4) is 0 Å². The van der Waals surface area contributed by atoms with Crippen LogP contribution in [0.4, 0.5) is 4.39 Å². The molecule has 0 spiro atoms. The number of hydrogen-bond donors (Lipinski definition) is 0. The van der Waals surface area contributed by atoms with Gasteiger partial charge in [0.05, 0.1) is 0 Å². The fourth-order valence-electron chi connectivity index (χ4n) is 3.78. The van der Waals surface area contributed by atoms with Crippen LogP contribution in [0.1, 0.15) is 36.7 Å². The van der Waals surface area contributed by atoms with Crippen molar-refractivity contribution < 1.29 is 14.0 Å². The first-order chi connectivity index (χ1) is 15.1. The number of benzene rings is 2. The Bertz CT molecular complexity index is 935. The van der Waals surface area contributed by atoms with Crippen LogP contribution < -0.4 is 0 Å². The van der Waals surface area contributed by atoms with Gasteiger partial charge >= 0.3 is 0 Å². The van der Waals surface area contributed by atoms with Crippen molar-refractivity contribution in [2.45, 2.75) is 27.3 Å². The zero-order chi connectivity index (χ0) is 23.3. The van der Waals surface area contributed by atoms with Crippen molar-refractivity contribution in [1.29, 1.82) is 0 Å². The lowest BCUT2D eigenvalue weighted by atomic mass is 9.94. The van der Waals surface area contributed by atoms with Gasteiger partial charge in [0.1, 0.15) is 5.82 Å². The zero-order valence-corrected chi connectivity index (χ0v) is 19.7. The molecule has 0 N–H and O–H groups in total. The minimum atomic E-state index is -0.377. The Balaban J connectivity index is 1.64. The predicted octanol–water partition coefficient (Wildman–Crippen LogP) is 4.31. The molecule has 7 heteroatoms. The van der Waals surface area contributed by atoms with E-state index in [1.807, 2.05) is 25.7 Å². The molecule has 1 fully saturated rings. The summed E-state index contributed by atoms with van der Waals surface area (Å²) in [4.78, 5) is 31.7. The van der Waals surface area contributed by atoms with Gasteiger partial charge in [-0.15, -0.1) is 0 Å². The molecule has 172 valence electrons. The van der Waals surface area contributed by atoms with E-state index in [-0.39, 0.29) is 23.0 Å². The van der Waals surface area contributed by atoms with E-state index < -0.39 is 0 Å². The van der Waals surface area contributed by atoms with Gasteiger partial charge in [0.2, 0.25) is 5.91 Å². The standard InChI is InChI=1S/C25H31ClFN3O2/c1-25(2,3)24(32)29-14-11-28(12-15-29)13-16-30(18-19-7-9-22(27)10-8-19)23(31)20-5-4-6-21(26)17-20/h4-10,17H,11-16,18H2,1-3H3. The third kappa shape index (κ3) is 6.53. The molecule has 32 heavy (non-hydrogen) atoms. The molecule has 0 saturated carbocycles. The molecule has 1 aliphatic rings. The Morgan fingerprint density at radius 1 is 1.03 bits per heavy atom. The summed E-state index contributed by atoms with van der Waals surface area (Å²) in [5.74, 6) is -0.242. The van der Waals surface area contributed by atoms with E-state index in [2.05, 4.69) is 4.90 Å². The molecule has 0 aliphatic carbocycles. The topological polar surface area (TPSA) is 43.9 Å². The Hall–Kier alpha value is -2.44. The summed E-state index contributed by atoms with van der Waals surface area (Å²) in [6.45, 7) is 10.4. The van der Waals surface area contributed by atoms with Crippen molar-refractivity contribution in [3.8, 4) is 0 Å². The van der Waals surface area contributed by atoms with E-state index in [0.717, 1.165) is 18.7 Å². The molecule has 1 aliphatic heterocycles. The molecule has 0 atom stereocenters. The summed E-state index contributed by atoms with van der Waals surface area (Å²) in [6.07, 6.45) is 0. The maximum Gasteiger partial charge on any atom is 0.254 e. The van der Waals surface area contributed by atoms with E-state index in [0.29, 0.717) is 43.3 Å². The summed E-state index contributed by atoms with van der Waals surface area (Å²) < 4.78 is 13.3. The molecule has 0 bridgehead atoms. The number of amides is 2. The molecular weight excluding hydrogens is 429 g/mol. The van der Waals surface area contributed by atoms with Gasteiger partial charge in [-0.1, -0.05) is 50.6 Å². The fraction of sp³-hybridized carbons (Fsp3) is 0.440. The highest BCUT2D eigenvalue weighted by Gasteiger charge is 2.29. The molecule has 5 nitrogen and oxygen atoms in total. The van der Waals surface area contributed by atoms with Gasteiger partial charge < -0.3 is 9.80 Å². The molecule has 1 heterocycles. The average molecular weight is 460 g/mol. The van der Waals surface area contributed by atoms with Gasteiger partial charge in [-0.25, -0.2) is 4.39 Å². The van der Waals surface area contributed by atoms with E-state index >= 15 is 0 Å². The normalized spacial score (nSPS) is 15.0. The van der Waals surface area contributed by atoms with Crippen LogP contribution in [0, 0.1) is 11.2 Å². The van der Waals surface area contributed by atoms with E-state index in [1.165, 1.54) is 12.1 Å². The number of carbonyl (C=O) groups excluding carboxylic acids is 2. The minimum Gasteiger partial charge on any atom is -0.340 e.